The van der Waals surface area contributed by atoms with Gasteiger partial charge in [0.1, 0.15) is 0 Å². The quantitative estimate of drug-likeness (QED) is 0.450. The van der Waals surface area contributed by atoms with E-state index < -0.39 is 10.0 Å². The zero-order chi connectivity index (χ0) is 23.1. The van der Waals surface area contributed by atoms with Gasteiger partial charge in [-0.05, 0) is 38.3 Å². The lowest BCUT2D eigenvalue weighted by Crippen LogP contribution is -2.30. The normalized spacial score (nSPS) is 18.2. The Balaban J connectivity index is 1.94. The molecule has 0 spiro atoms. The summed E-state index contributed by atoms with van der Waals surface area (Å²) >= 11 is 1.63. The SMILES string of the molecule is CCN(CC)S(=O)(=O)c1cccc(-c2nnc(SCC3CCCCO3)n2C(C)COC)c1. The van der Waals surface area contributed by atoms with Crippen molar-refractivity contribution in [1.29, 1.82) is 0 Å². The van der Waals surface area contributed by atoms with E-state index in [4.69, 9.17) is 9.47 Å². The Morgan fingerprint density at radius 3 is 2.72 bits per heavy atom. The smallest absolute Gasteiger partial charge is 0.243 e. The molecule has 10 heteroatoms. The minimum atomic E-state index is -3.56. The van der Waals surface area contributed by atoms with Crippen LogP contribution in [0.1, 0.15) is 46.1 Å². The van der Waals surface area contributed by atoms with Crippen molar-refractivity contribution >= 4 is 21.8 Å². The van der Waals surface area contributed by atoms with Crippen molar-refractivity contribution in [1.82, 2.24) is 19.1 Å². The molecule has 1 aliphatic heterocycles. The van der Waals surface area contributed by atoms with Crippen LogP contribution in [0.5, 0.6) is 0 Å². The van der Waals surface area contributed by atoms with E-state index in [1.54, 1.807) is 37.1 Å². The van der Waals surface area contributed by atoms with E-state index in [0.29, 0.717) is 25.5 Å². The molecule has 0 bridgehead atoms. The summed E-state index contributed by atoms with van der Waals surface area (Å²) in [7, 11) is -1.90. The fourth-order valence-corrected chi connectivity index (χ4v) is 6.51. The summed E-state index contributed by atoms with van der Waals surface area (Å²) in [5.41, 5.74) is 0.717. The number of hydrogen-bond acceptors (Lipinski definition) is 7. The Bertz CT molecular complexity index is 970. The average molecular weight is 483 g/mol. The summed E-state index contributed by atoms with van der Waals surface area (Å²) in [6, 6.07) is 6.94. The summed E-state index contributed by atoms with van der Waals surface area (Å²) in [6.07, 6.45) is 3.60. The topological polar surface area (TPSA) is 86.5 Å². The first-order valence-corrected chi connectivity index (χ1v) is 13.6. The summed E-state index contributed by atoms with van der Waals surface area (Å²) < 4.78 is 40.8. The Labute approximate surface area is 195 Å². The molecule has 32 heavy (non-hydrogen) atoms. The standard InChI is InChI=1S/C22H34N4O4S2/c1-5-25(6-2)32(27,28)20-12-9-10-18(14-20)21-23-24-22(26(21)17(3)15-29-4)31-16-19-11-7-8-13-30-19/h9-10,12,14,17,19H,5-8,11,13,15-16H2,1-4H3. The van der Waals surface area contributed by atoms with Gasteiger partial charge in [-0.3, -0.25) is 4.57 Å². The van der Waals surface area contributed by atoms with Gasteiger partial charge in [-0.15, -0.1) is 10.2 Å². The first kappa shape index (κ1) is 25.2. The first-order valence-electron chi connectivity index (χ1n) is 11.2. The van der Waals surface area contributed by atoms with Crippen LogP contribution in [0.15, 0.2) is 34.3 Å². The van der Waals surface area contributed by atoms with E-state index >= 15 is 0 Å². The largest absolute Gasteiger partial charge is 0.383 e. The van der Waals surface area contributed by atoms with Crippen molar-refractivity contribution in [2.75, 3.05) is 39.2 Å². The maximum absolute atomic E-state index is 13.0. The molecule has 0 radical (unpaired) electrons. The molecule has 0 aliphatic carbocycles. The van der Waals surface area contributed by atoms with E-state index in [1.165, 1.54) is 10.7 Å². The molecule has 178 valence electrons. The number of aromatic nitrogens is 3. The molecule has 2 unspecified atom stereocenters. The molecule has 1 aliphatic rings. The molecule has 0 saturated carbocycles. The molecule has 1 saturated heterocycles. The number of nitrogens with zero attached hydrogens (tertiary/aromatic N) is 4. The van der Waals surface area contributed by atoms with E-state index in [1.807, 2.05) is 31.4 Å². The van der Waals surface area contributed by atoms with Crippen LogP contribution < -0.4 is 0 Å². The Kier molecular flexibility index (Phi) is 9.13. The predicted octanol–water partition coefficient (Wildman–Crippen LogP) is 3.84. The van der Waals surface area contributed by atoms with Crippen LogP contribution in [0.3, 0.4) is 0 Å². The average Bonchev–Trinajstić information content (AvgIpc) is 3.23. The molecular formula is C22H34N4O4S2. The summed E-state index contributed by atoms with van der Waals surface area (Å²) in [6.45, 7) is 7.89. The number of methoxy groups -OCH3 is 1. The van der Waals surface area contributed by atoms with Gasteiger partial charge in [0.25, 0.3) is 0 Å². The van der Waals surface area contributed by atoms with E-state index in [0.717, 1.165) is 35.9 Å². The van der Waals surface area contributed by atoms with Gasteiger partial charge in [0.2, 0.25) is 10.0 Å². The predicted molar refractivity (Wildman–Crippen MR) is 126 cm³/mol. The molecule has 2 atom stereocenters. The summed E-state index contributed by atoms with van der Waals surface area (Å²) in [5.74, 6) is 1.45. The number of hydrogen-bond donors (Lipinski definition) is 0. The highest BCUT2D eigenvalue weighted by molar-refractivity contribution is 7.99. The minimum Gasteiger partial charge on any atom is -0.383 e. The van der Waals surface area contributed by atoms with Crippen LogP contribution in [0, 0.1) is 0 Å². The van der Waals surface area contributed by atoms with Gasteiger partial charge in [-0.2, -0.15) is 4.31 Å². The van der Waals surface area contributed by atoms with Crippen molar-refractivity contribution in [2.45, 2.75) is 62.2 Å². The van der Waals surface area contributed by atoms with Gasteiger partial charge in [0.05, 0.1) is 23.6 Å². The molecular weight excluding hydrogens is 448 g/mol. The summed E-state index contributed by atoms with van der Waals surface area (Å²) in [5, 5.41) is 9.68. The van der Waals surface area contributed by atoms with Gasteiger partial charge < -0.3 is 9.47 Å². The van der Waals surface area contributed by atoms with Gasteiger partial charge in [-0.25, -0.2) is 8.42 Å². The third kappa shape index (κ3) is 5.72. The second-order valence-electron chi connectivity index (χ2n) is 7.90. The molecule has 1 aromatic heterocycles. The zero-order valence-corrected chi connectivity index (χ0v) is 21.0. The Hall–Kier alpha value is -1.46. The number of benzene rings is 1. The molecule has 1 fully saturated rings. The number of sulfonamides is 1. The van der Waals surface area contributed by atoms with Crippen LogP contribution in [0.2, 0.25) is 0 Å². The number of rotatable bonds is 11. The second-order valence-corrected chi connectivity index (χ2v) is 10.8. The molecule has 2 aromatic rings. The lowest BCUT2D eigenvalue weighted by Gasteiger charge is -2.23. The highest BCUT2D eigenvalue weighted by atomic mass is 32.2. The van der Waals surface area contributed by atoms with Gasteiger partial charge >= 0.3 is 0 Å². The van der Waals surface area contributed by atoms with Crippen molar-refractivity contribution < 1.29 is 17.9 Å². The lowest BCUT2D eigenvalue weighted by molar-refractivity contribution is 0.0315. The van der Waals surface area contributed by atoms with E-state index in [2.05, 4.69) is 10.2 Å². The van der Waals surface area contributed by atoms with Crippen molar-refractivity contribution in [3.8, 4) is 11.4 Å². The van der Waals surface area contributed by atoms with Crippen molar-refractivity contribution in [3.05, 3.63) is 24.3 Å². The van der Waals surface area contributed by atoms with Crippen LogP contribution in [0.25, 0.3) is 11.4 Å². The first-order chi connectivity index (χ1) is 15.4. The van der Waals surface area contributed by atoms with Crippen LogP contribution in [-0.2, 0) is 19.5 Å². The zero-order valence-electron chi connectivity index (χ0n) is 19.4. The highest BCUT2D eigenvalue weighted by Gasteiger charge is 2.25. The maximum Gasteiger partial charge on any atom is 0.243 e. The van der Waals surface area contributed by atoms with Gasteiger partial charge in [0.15, 0.2) is 11.0 Å². The van der Waals surface area contributed by atoms with Crippen molar-refractivity contribution in [3.63, 3.8) is 0 Å². The molecule has 2 heterocycles. The highest BCUT2D eigenvalue weighted by Crippen LogP contribution is 2.31. The third-order valence-corrected chi connectivity index (χ3v) is 8.74. The van der Waals surface area contributed by atoms with Gasteiger partial charge in [0, 0.05) is 38.1 Å². The fraction of sp³-hybridized carbons (Fsp3) is 0.636. The summed E-state index contributed by atoms with van der Waals surface area (Å²) in [4.78, 5) is 0.262. The maximum atomic E-state index is 13.0. The van der Waals surface area contributed by atoms with Crippen LogP contribution >= 0.6 is 11.8 Å². The second kappa shape index (κ2) is 11.6. The monoisotopic (exact) mass is 482 g/mol. The van der Waals surface area contributed by atoms with Crippen molar-refractivity contribution in [2.24, 2.45) is 0 Å². The fourth-order valence-electron chi connectivity index (χ4n) is 3.90. The number of ether oxygens (including phenoxy) is 2. The Morgan fingerprint density at radius 1 is 1.28 bits per heavy atom. The lowest BCUT2D eigenvalue weighted by atomic mass is 10.1. The molecule has 3 rings (SSSR count). The minimum absolute atomic E-state index is 0.0113. The third-order valence-electron chi connectivity index (χ3n) is 5.62. The number of thioether (sulfide) groups is 1. The molecule has 0 amide bonds. The van der Waals surface area contributed by atoms with Crippen LogP contribution in [0.4, 0.5) is 0 Å². The Morgan fingerprint density at radius 2 is 2.06 bits per heavy atom. The molecule has 1 aromatic carbocycles. The van der Waals surface area contributed by atoms with E-state index in [-0.39, 0.29) is 17.0 Å². The molecule has 8 nitrogen and oxygen atoms in total. The molecule has 0 N–H and O–H groups in total. The van der Waals surface area contributed by atoms with Crippen LogP contribution in [-0.4, -0.2) is 72.8 Å². The van der Waals surface area contributed by atoms with E-state index in [9.17, 15) is 8.42 Å². The van der Waals surface area contributed by atoms with Gasteiger partial charge in [-0.1, -0.05) is 37.7 Å².